The molecular formula is C22H25N3O4S2. The molecule has 9 heteroatoms. The third kappa shape index (κ3) is 4.23. The van der Waals surface area contributed by atoms with Crippen LogP contribution in [-0.4, -0.2) is 56.5 Å². The molecule has 0 aliphatic carbocycles. The number of hydrogen-bond acceptors (Lipinski definition) is 6. The van der Waals surface area contributed by atoms with Crippen molar-refractivity contribution in [2.75, 3.05) is 37.7 Å². The van der Waals surface area contributed by atoms with Gasteiger partial charge in [-0.25, -0.2) is 13.4 Å². The van der Waals surface area contributed by atoms with Gasteiger partial charge >= 0.3 is 0 Å². The Morgan fingerprint density at radius 2 is 1.90 bits per heavy atom. The smallest absolute Gasteiger partial charge is 0.260 e. The number of aryl methyl sites for hydroxylation is 1. The second-order valence-corrected chi connectivity index (χ2v) is 10.1. The fraction of sp³-hybridized carbons (Fsp3) is 0.364. The molecule has 164 valence electrons. The summed E-state index contributed by atoms with van der Waals surface area (Å²) < 4.78 is 34.3. The van der Waals surface area contributed by atoms with Crippen molar-refractivity contribution < 1.29 is 17.9 Å². The number of hydrogen-bond donors (Lipinski definition) is 0. The predicted octanol–water partition coefficient (Wildman–Crippen LogP) is 3.55. The number of anilines is 1. The predicted molar refractivity (Wildman–Crippen MR) is 122 cm³/mol. The Labute approximate surface area is 186 Å². The summed E-state index contributed by atoms with van der Waals surface area (Å²) in [4.78, 5) is 19.8. The first-order valence-electron chi connectivity index (χ1n) is 10.3. The zero-order valence-corrected chi connectivity index (χ0v) is 19.2. The van der Waals surface area contributed by atoms with Crippen LogP contribution in [0.4, 0.5) is 5.13 Å². The van der Waals surface area contributed by atoms with E-state index in [2.05, 4.69) is 4.98 Å². The Balaban J connectivity index is 1.71. The molecule has 7 nitrogen and oxygen atoms in total. The summed E-state index contributed by atoms with van der Waals surface area (Å²) in [5.41, 5.74) is 1.88. The highest BCUT2D eigenvalue weighted by Gasteiger charge is 2.30. The van der Waals surface area contributed by atoms with Gasteiger partial charge in [0.2, 0.25) is 10.0 Å². The van der Waals surface area contributed by atoms with Gasteiger partial charge in [0.05, 0.1) is 28.3 Å². The molecule has 1 aliphatic rings. The third-order valence-corrected chi connectivity index (χ3v) is 8.40. The number of ether oxygens (including phenoxy) is 1. The Morgan fingerprint density at radius 1 is 1.16 bits per heavy atom. The number of para-hydroxylation sites is 1. The molecule has 0 N–H and O–H groups in total. The Morgan fingerprint density at radius 3 is 2.58 bits per heavy atom. The van der Waals surface area contributed by atoms with Crippen LogP contribution in [-0.2, 0) is 21.2 Å². The van der Waals surface area contributed by atoms with Gasteiger partial charge in [0.1, 0.15) is 0 Å². The maximum atomic E-state index is 13.4. The van der Waals surface area contributed by atoms with Crippen molar-refractivity contribution in [3.8, 4) is 0 Å². The van der Waals surface area contributed by atoms with Crippen LogP contribution in [0.25, 0.3) is 10.2 Å². The summed E-state index contributed by atoms with van der Waals surface area (Å²) in [7, 11) is -3.71. The van der Waals surface area contributed by atoms with Crippen molar-refractivity contribution in [2.24, 2.45) is 0 Å². The number of nitrogens with zero attached hydrogens (tertiary/aromatic N) is 3. The van der Waals surface area contributed by atoms with Crippen LogP contribution >= 0.6 is 11.3 Å². The Kier molecular flexibility index (Phi) is 6.38. The lowest BCUT2D eigenvalue weighted by Crippen LogP contribution is -2.41. The lowest BCUT2D eigenvalue weighted by molar-refractivity contribution is 0.0730. The third-order valence-electron chi connectivity index (χ3n) is 5.36. The number of rotatable bonds is 6. The highest BCUT2D eigenvalue weighted by molar-refractivity contribution is 7.89. The molecule has 1 aliphatic heterocycles. The van der Waals surface area contributed by atoms with Gasteiger partial charge in [-0.05, 0) is 43.2 Å². The Hall–Kier alpha value is -2.33. The van der Waals surface area contributed by atoms with Gasteiger partial charge in [-0.3, -0.25) is 9.69 Å². The van der Waals surface area contributed by atoms with E-state index in [9.17, 15) is 13.2 Å². The van der Waals surface area contributed by atoms with Gasteiger partial charge in [-0.15, -0.1) is 0 Å². The fourth-order valence-electron chi connectivity index (χ4n) is 3.64. The van der Waals surface area contributed by atoms with E-state index >= 15 is 0 Å². The molecule has 4 rings (SSSR count). The van der Waals surface area contributed by atoms with Gasteiger partial charge in [0, 0.05) is 25.2 Å². The number of aromatic nitrogens is 1. The summed E-state index contributed by atoms with van der Waals surface area (Å²) in [6.07, 6.45) is 0.558. The second-order valence-electron chi connectivity index (χ2n) is 7.21. The molecule has 2 aromatic carbocycles. The topological polar surface area (TPSA) is 79.8 Å². The van der Waals surface area contributed by atoms with Gasteiger partial charge < -0.3 is 4.74 Å². The first kappa shape index (κ1) is 21.9. The molecule has 1 aromatic heterocycles. The average molecular weight is 460 g/mol. The van der Waals surface area contributed by atoms with Gasteiger partial charge in [0.25, 0.3) is 5.91 Å². The van der Waals surface area contributed by atoms with E-state index in [-0.39, 0.29) is 10.8 Å². The number of amides is 1. The minimum absolute atomic E-state index is 0.197. The van der Waals surface area contributed by atoms with Crippen LogP contribution < -0.4 is 4.90 Å². The summed E-state index contributed by atoms with van der Waals surface area (Å²) in [6.45, 7) is 5.61. The van der Waals surface area contributed by atoms with E-state index in [0.717, 1.165) is 10.2 Å². The van der Waals surface area contributed by atoms with Crippen LogP contribution in [0.5, 0.6) is 0 Å². The molecule has 1 amide bonds. The Bertz CT molecular complexity index is 1170. The molecule has 0 bridgehead atoms. The zero-order chi connectivity index (χ0) is 22.0. The van der Waals surface area contributed by atoms with E-state index in [1.54, 1.807) is 17.0 Å². The molecule has 3 aromatic rings. The van der Waals surface area contributed by atoms with Gasteiger partial charge in [-0.1, -0.05) is 36.5 Å². The number of morpholine rings is 1. The molecule has 31 heavy (non-hydrogen) atoms. The second kappa shape index (κ2) is 9.04. The van der Waals surface area contributed by atoms with Crippen molar-refractivity contribution in [2.45, 2.75) is 25.2 Å². The molecule has 0 spiro atoms. The molecule has 2 heterocycles. The minimum Gasteiger partial charge on any atom is -0.379 e. The van der Waals surface area contributed by atoms with E-state index < -0.39 is 10.0 Å². The van der Waals surface area contributed by atoms with Crippen LogP contribution in [0.15, 0.2) is 47.4 Å². The monoisotopic (exact) mass is 459 g/mol. The summed E-state index contributed by atoms with van der Waals surface area (Å²) in [5.74, 6) is -0.261. The molecule has 1 saturated heterocycles. The molecule has 1 fully saturated rings. The minimum atomic E-state index is -3.71. The van der Waals surface area contributed by atoms with Crippen LogP contribution in [0.1, 0.15) is 29.8 Å². The van der Waals surface area contributed by atoms with E-state index in [1.807, 2.05) is 38.1 Å². The standard InChI is InChI=1S/C22H25N3O4S2/c1-3-16-9-10-17(15-20(16)31(27,28)24-11-13-29-14-12-24)21(26)25(4-2)22-23-18-7-5-6-8-19(18)30-22/h5-10,15H,3-4,11-14H2,1-2H3. The van der Waals surface area contributed by atoms with Gasteiger partial charge in [-0.2, -0.15) is 4.31 Å². The summed E-state index contributed by atoms with van der Waals surface area (Å²) in [5, 5.41) is 0.603. The quantitative estimate of drug-likeness (QED) is 0.563. The van der Waals surface area contributed by atoms with E-state index in [0.29, 0.717) is 55.5 Å². The van der Waals surface area contributed by atoms with Crippen molar-refractivity contribution in [3.63, 3.8) is 0 Å². The van der Waals surface area contributed by atoms with Crippen molar-refractivity contribution >= 4 is 42.6 Å². The fourth-order valence-corrected chi connectivity index (χ4v) is 6.40. The number of carbonyl (C=O) groups excluding carboxylic acids is 1. The first-order valence-corrected chi connectivity index (χ1v) is 12.6. The molecule has 0 unspecified atom stereocenters. The number of thiazole rings is 1. The van der Waals surface area contributed by atoms with E-state index in [4.69, 9.17) is 4.74 Å². The van der Waals surface area contributed by atoms with Crippen LogP contribution in [0.2, 0.25) is 0 Å². The number of benzene rings is 2. The maximum Gasteiger partial charge on any atom is 0.260 e. The normalized spacial score (nSPS) is 15.3. The van der Waals surface area contributed by atoms with Crippen molar-refractivity contribution in [3.05, 3.63) is 53.6 Å². The SMILES string of the molecule is CCc1ccc(C(=O)N(CC)c2nc3ccccc3s2)cc1S(=O)(=O)N1CCOCC1. The average Bonchev–Trinajstić information content (AvgIpc) is 3.23. The highest BCUT2D eigenvalue weighted by atomic mass is 32.2. The van der Waals surface area contributed by atoms with Crippen molar-refractivity contribution in [1.82, 2.24) is 9.29 Å². The zero-order valence-electron chi connectivity index (χ0n) is 17.6. The number of carbonyl (C=O) groups is 1. The number of fused-ring (bicyclic) bond motifs is 1. The highest BCUT2D eigenvalue weighted by Crippen LogP contribution is 2.30. The molecule has 0 atom stereocenters. The lowest BCUT2D eigenvalue weighted by atomic mass is 10.1. The number of sulfonamides is 1. The maximum absolute atomic E-state index is 13.4. The van der Waals surface area contributed by atoms with Crippen LogP contribution in [0.3, 0.4) is 0 Å². The van der Waals surface area contributed by atoms with Gasteiger partial charge in [0.15, 0.2) is 5.13 Å². The summed E-state index contributed by atoms with van der Waals surface area (Å²) >= 11 is 1.45. The largest absolute Gasteiger partial charge is 0.379 e. The molecular weight excluding hydrogens is 434 g/mol. The van der Waals surface area contributed by atoms with Crippen LogP contribution in [0, 0.1) is 0 Å². The van der Waals surface area contributed by atoms with E-state index in [1.165, 1.54) is 21.7 Å². The molecule has 0 radical (unpaired) electrons. The summed E-state index contributed by atoms with van der Waals surface area (Å²) in [6, 6.07) is 12.7. The lowest BCUT2D eigenvalue weighted by Gasteiger charge is -2.27. The first-order chi connectivity index (χ1) is 15.0. The van der Waals surface area contributed by atoms with Crippen molar-refractivity contribution in [1.29, 1.82) is 0 Å². The molecule has 0 saturated carbocycles.